The number of hydrogen-bond acceptors (Lipinski definition) is 7. The number of nitro benzene ring substituents is 1. The van der Waals surface area contributed by atoms with Crippen molar-refractivity contribution in [2.75, 3.05) is 6.61 Å². The third kappa shape index (κ3) is 6.06. The minimum absolute atomic E-state index is 0.100. The van der Waals surface area contributed by atoms with Gasteiger partial charge in [0, 0.05) is 16.7 Å². The van der Waals surface area contributed by atoms with Crippen molar-refractivity contribution >= 4 is 35.1 Å². The predicted octanol–water partition coefficient (Wildman–Crippen LogP) is 3.06. The second-order valence-corrected chi connectivity index (χ2v) is 6.61. The molecule has 0 fully saturated rings. The van der Waals surface area contributed by atoms with Crippen molar-refractivity contribution in [2.24, 2.45) is 0 Å². The molecule has 11 nitrogen and oxygen atoms in total. The molecule has 1 aromatic heterocycles. The molecule has 0 atom stereocenters. The number of carbonyl (C=O) groups is 3. The summed E-state index contributed by atoms with van der Waals surface area (Å²) in [6.07, 6.45) is 0. The number of hydrogen-bond donors (Lipinski definition) is 3. The Balaban J connectivity index is 1.45. The molecule has 32 heavy (non-hydrogen) atoms. The van der Waals surface area contributed by atoms with Crippen molar-refractivity contribution < 1.29 is 28.5 Å². The largest absolute Gasteiger partial charge is 0.483 e. The van der Waals surface area contributed by atoms with E-state index in [9.17, 15) is 24.5 Å². The van der Waals surface area contributed by atoms with Crippen LogP contribution in [-0.4, -0.2) is 29.4 Å². The third-order valence-corrected chi connectivity index (χ3v) is 4.15. The van der Waals surface area contributed by atoms with E-state index in [1.807, 2.05) is 16.2 Å². The van der Waals surface area contributed by atoms with E-state index in [-0.39, 0.29) is 17.2 Å². The van der Waals surface area contributed by atoms with Crippen molar-refractivity contribution in [3.8, 4) is 17.1 Å². The van der Waals surface area contributed by atoms with Crippen molar-refractivity contribution in [2.45, 2.75) is 0 Å². The Kier molecular flexibility index (Phi) is 7.03. The molecule has 0 aliphatic carbocycles. The Bertz CT molecular complexity index is 1160. The van der Waals surface area contributed by atoms with E-state index in [4.69, 9.17) is 20.8 Å². The Morgan fingerprint density at radius 2 is 1.78 bits per heavy atom. The van der Waals surface area contributed by atoms with Gasteiger partial charge in [0.15, 0.2) is 12.4 Å². The number of ether oxygens (including phenoxy) is 1. The lowest BCUT2D eigenvalue weighted by Crippen LogP contribution is -2.49. The molecule has 0 aliphatic heterocycles. The quantitative estimate of drug-likeness (QED) is 0.379. The van der Waals surface area contributed by atoms with Crippen molar-refractivity contribution in [1.82, 2.24) is 16.2 Å². The van der Waals surface area contributed by atoms with Gasteiger partial charge in [-0.1, -0.05) is 17.7 Å². The lowest BCUT2D eigenvalue weighted by molar-refractivity contribution is -0.384. The minimum Gasteiger partial charge on any atom is -0.483 e. The molecule has 0 unspecified atom stereocenters. The lowest BCUT2D eigenvalue weighted by Gasteiger charge is -2.09. The number of non-ortho nitro benzene ring substituents is 1. The molecule has 164 valence electrons. The van der Waals surface area contributed by atoms with E-state index in [0.717, 1.165) is 6.07 Å². The maximum absolute atomic E-state index is 12.1. The molecule has 3 aromatic rings. The Labute approximate surface area is 185 Å². The molecule has 12 heteroatoms. The fraction of sp³-hybridized carbons (Fsp3) is 0.0500. The van der Waals surface area contributed by atoms with Gasteiger partial charge >= 0.3 is 6.03 Å². The van der Waals surface area contributed by atoms with Gasteiger partial charge in [-0.3, -0.25) is 30.4 Å². The van der Waals surface area contributed by atoms with Crippen LogP contribution in [0, 0.1) is 10.1 Å². The van der Waals surface area contributed by atoms with Gasteiger partial charge in [-0.25, -0.2) is 10.2 Å². The van der Waals surface area contributed by atoms with Crippen molar-refractivity contribution in [3.63, 3.8) is 0 Å². The van der Waals surface area contributed by atoms with Gasteiger partial charge in [0.1, 0.15) is 11.5 Å². The number of imide groups is 1. The monoisotopic (exact) mass is 458 g/mol. The Hall–Kier alpha value is -4.38. The molecule has 4 amide bonds. The summed E-state index contributed by atoms with van der Waals surface area (Å²) in [7, 11) is 0. The maximum atomic E-state index is 12.1. The van der Waals surface area contributed by atoms with Crippen LogP contribution in [0.1, 0.15) is 10.6 Å². The number of nitrogens with zero attached hydrogens (tertiary/aromatic N) is 1. The molecule has 0 aliphatic rings. The van der Waals surface area contributed by atoms with E-state index in [2.05, 4.69) is 0 Å². The topological polar surface area (TPSA) is 153 Å². The number of urea groups is 1. The van der Waals surface area contributed by atoms with Crippen LogP contribution in [0.3, 0.4) is 0 Å². The standard InChI is InChI=1S/C20H15ClN4O7/c21-13-6-4-12(5-7-13)16-8-9-17(32-16)19(27)22-20(28)24-23-18(26)11-31-15-3-1-2-14(10-15)25(29)30/h1-10H,11H2,(H,23,26)(H2,22,24,27,28). The van der Waals surface area contributed by atoms with Gasteiger partial charge in [-0.2, -0.15) is 0 Å². The highest BCUT2D eigenvalue weighted by molar-refractivity contribution is 6.30. The summed E-state index contributed by atoms with van der Waals surface area (Å²) in [5.41, 5.74) is 4.50. The molecular formula is C20H15ClN4O7. The molecule has 0 saturated carbocycles. The summed E-state index contributed by atoms with van der Waals surface area (Å²) < 4.78 is 10.5. The summed E-state index contributed by atoms with van der Waals surface area (Å²) in [6.45, 7) is -0.530. The van der Waals surface area contributed by atoms with Crippen LogP contribution in [0.25, 0.3) is 11.3 Å². The van der Waals surface area contributed by atoms with Gasteiger partial charge in [0.05, 0.1) is 11.0 Å². The number of hydrazine groups is 1. The van der Waals surface area contributed by atoms with E-state index in [1.165, 1.54) is 24.3 Å². The third-order valence-electron chi connectivity index (χ3n) is 3.90. The number of benzene rings is 2. The summed E-state index contributed by atoms with van der Waals surface area (Å²) in [6, 6.07) is 13.9. The number of nitrogens with one attached hydrogen (secondary N) is 3. The molecule has 3 N–H and O–H groups in total. The summed E-state index contributed by atoms with van der Waals surface area (Å²) in [4.78, 5) is 45.8. The van der Waals surface area contributed by atoms with Crippen molar-refractivity contribution in [3.05, 3.63) is 81.6 Å². The molecule has 3 rings (SSSR count). The minimum atomic E-state index is -1.01. The first-order chi connectivity index (χ1) is 15.3. The van der Waals surface area contributed by atoms with E-state index >= 15 is 0 Å². The summed E-state index contributed by atoms with van der Waals surface area (Å²) in [5.74, 6) is -1.21. The van der Waals surface area contributed by atoms with E-state index < -0.39 is 29.4 Å². The molecule has 0 bridgehead atoms. The van der Waals surface area contributed by atoms with Gasteiger partial charge in [0.2, 0.25) is 0 Å². The zero-order valence-corrected chi connectivity index (χ0v) is 16.9. The highest BCUT2D eigenvalue weighted by atomic mass is 35.5. The molecule has 2 aromatic carbocycles. The molecule has 0 saturated heterocycles. The lowest BCUT2D eigenvalue weighted by atomic mass is 10.2. The average Bonchev–Trinajstić information content (AvgIpc) is 3.27. The van der Waals surface area contributed by atoms with Gasteiger partial charge < -0.3 is 9.15 Å². The van der Waals surface area contributed by atoms with Gasteiger partial charge in [-0.05, 0) is 42.5 Å². The number of rotatable bonds is 6. The summed E-state index contributed by atoms with van der Waals surface area (Å²) in [5, 5.41) is 13.3. The highest BCUT2D eigenvalue weighted by Gasteiger charge is 2.16. The van der Waals surface area contributed by atoms with E-state index in [0.29, 0.717) is 16.3 Å². The first kappa shape index (κ1) is 22.3. The molecule has 0 radical (unpaired) electrons. The second kappa shape index (κ2) is 10.1. The van der Waals surface area contributed by atoms with Crippen LogP contribution >= 0.6 is 11.6 Å². The zero-order chi connectivity index (χ0) is 23.1. The zero-order valence-electron chi connectivity index (χ0n) is 16.2. The number of furan rings is 1. The number of halogens is 1. The normalized spacial score (nSPS) is 10.2. The first-order valence-corrected chi connectivity index (χ1v) is 9.33. The SMILES string of the molecule is O=C(COc1cccc([N+](=O)[O-])c1)NNC(=O)NC(=O)c1ccc(-c2ccc(Cl)cc2)o1. The van der Waals surface area contributed by atoms with Crippen LogP contribution in [0.5, 0.6) is 5.75 Å². The van der Waals surface area contributed by atoms with Gasteiger partial charge in [-0.15, -0.1) is 0 Å². The van der Waals surface area contributed by atoms with Crippen LogP contribution in [-0.2, 0) is 4.79 Å². The van der Waals surface area contributed by atoms with Crippen LogP contribution in [0.4, 0.5) is 10.5 Å². The fourth-order valence-electron chi connectivity index (χ4n) is 2.42. The van der Waals surface area contributed by atoms with E-state index in [1.54, 1.807) is 30.3 Å². The number of amides is 4. The maximum Gasteiger partial charge on any atom is 0.340 e. The predicted molar refractivity (Wildman–Crippen MR) is 112 cm³/mol. The van der Waals surface area contributed by atoms with Crippen LogP contribution < -0.4 is 20.9 Å². The number of nitro groups is 1. The van der Waals surface area contributed by atoms with Crippen LogP contribution in [0.15, 0.2) is 65.1 Å². The summed E-state index contributed by atoms with van der Waals surface area (Å²) >= 11 is 5.83. The molecule has 1 heterocycles. The fourth-order valence-corrected chi connectivity index (χ4v) is 2.55. The van der Waals surface area contributed by atoms with Gasteiger partial charge in [0.25, 0.3) is 17.5 Å². The molecular weight excluding hydrogens is 444 g/mol. The average molecular weight is 459 g/mol. The first-order valence-electron chi connectivity index (χ1n) is 8.95. The van der Waals surface area contributed by atoms with Crippen LogP contribution in [0.2, 0.25) is 5.02 Å². The highest BCUT2D eigenvalue weighted by Crippen LogP contribution is 2.23. The second-order valence-electron chi connectivity index (χ2n) is 6.17. The van der Waals surface area contributed by atoms with Crippen molar-refractivity contribution in [1.29, 1.82) is 0 Å². The molecule has 0 spiro atoms. The Morgan fingerprint density at radius 3 is 2.50 bits per heavy atom. The smallest absolute Gasteiger partial charge is 0.340 e. The Morgan fingerprint density at radius 1 is 1.03 bits per heavy atom. The number of carbonyl (C=O) groups excluding carboxylic acids is 3.